The van der Waals surface area contributed by atoms with E-state index in [1.807, 2.05) is 0 Å². The first-order valence-electron chi connectivity index (χ1n) is 8.83. The van der Waals surface area contributed by atoms with Gasteiger partial charge in [0.15, 0.2) is 0 Å². The molecule has 2 saturated carbocycles. The fourth-order valence-corrected chi connectivity index (χ4v) is 10.5. The van der Waals surface area contributed by atoms with Gasteiger partial charge in [0.25, 0.3) is 0 Å². The van der Waals surface area contributed by atoms with E-state index >= 15 is 0 Å². The van der Waals surface area contributed by atoms with Crippen LogP contribution in [0.3, 0.4) is 0 Å². The molecule has 0 N–H and O–H groups in total. The van der Waals surface area contributed by atoms with Gasteiger partial charge in [-0.15, -0.1) is 11.8 Å². The third kappa shape index (κ3) is 1.34. The van der Waals surface area contributed by atoms with Crippen molar-refractivity contribution in [2.45, 2.75) is 34.7 Å². The second-order valence-corrected chi connectivity index (χ2v) is 10.2. The first kappa shape index (κ1) is 15.5. The molecule has 4 aliphatic carbocycles. The molecule has 136 valence electrons. The predicted molar refractivity (Wildman–Crippen MR) is 80.6 cm³/mol. The van der Waals surface area contributed by atoms with Crippen LogP contribution in [-0.4, -0.2) is 21.8 Å². The maximum Gasteiger partial charge on any atom is 0.403 e. The van der Waals surface area contributed by atoms with Crippen molar-refractivity contribution in [3.63, 3.8) is 0 Å². The van der Waals surface area contributed by atoms with Crippen LogP contribution in [0.1, 0.15) is 12.8 Å². The SMILES string of the molecule is FC(F)(F)C12SC(C(F)(F)F)([C@@H]3[C@H]1[C@H]1C=C[C@@H]3C1)[C@H]1[C@@H]2[C@@H]2C=C[C@H]1C2. The highest BCUT2D eigenvalue weighted by Gasteiger charge is 2.92. The molecule has 2 saturated heterocycles. The quantitative estimate of drug-likeness (QED) is 0.411. The zero-order valence-corrected chi connectivity index (χ0v) is 13.8. The Bertz CT molecular complexity index is 622. The summed E-state index contributed by atoms with van der Waals surface area (Å²) in [6.45, 7) is 0. The third-order valence-electron chi connectivity index (χ3n) is 8.12. The number of halogens is 6. The van der Waals surface area contributed by atoms with Crippen molar-refractivity contribution in [2.24, 2.45) is 47.3 Å². The van der Waals surface area contributed by atoms with Crippen molar-refractivity contribution in [1.82, 2.24) is 0 Å². The van der Waals surface area contributed by atoms with E-state index in [0.717, 1.165) is 0 Å². The number of allylic oxidation sites excluding steroid dienone is 4. The van der Waals surface area contributed by atoms with Crippen LogP contribution >= 0.6 is 11.8 Å². The molecule has 0 amide bonds. The molecule has 0 aromatic heterocycles. The summed E-state index contributed by atoms with van der Waals surface area (Å²) in [5.41, 5.74) is 0. The van der Waals surface area contributed by atoms with Gasteiger partial charge in [-0.05, 0) is 60.2 Å². The molecule has 0 aromatic rings. The van der Waals surface area contributed by atoms with Gasteiger partial charge in [0, 0.05) is 0 Å². The summed E-state index contributed by atoms with van der Waals surface area (Å²) in [6, 6.07) is 0. The van der Waals surface area contributed by atoms with Crippen LogP contribution in [0.15, 0.2) is 24.3 Å². The monoisotopic (exact) mass is 378 g/mol. The Balaban J connectivity index is 1.66. The normalized spacial score (nSPS) is 59.9. The first-order chi connectivity index (χ1) is 11.6. The molecule has 6 aliphatic rings. The van der Waals surface area contributed by atoms with Gasteiger partial charge in [0.05, 0.1) is 0 Å². The van der Waals surface area contributed by atoms with E-state index in [0.29, 0.717) is 12.8 Å². The van der Waals surface area contributed by atoms with E-state index in [2.05, 4.69) is 0 Å². The van der Waals surface area contributed by atoms with Crippen LogP contribution in [0, 0.1) is 47.3 Å². The number of thioether (sulfide) groups is 1. The average molecular weight is 378 g/mol. The highest BCUT2D eigenvalue weighted by atomic mass is 32.2. The maximum atomic E-state index is 14.5. The molecule has 10 atom stereocenters. The molecule has 2 heterocycles. The van der Waals surface area contributed by atoms with Crippen molar-refractivity contribution in [3.8, 4) is 0 Å². The van der Waals surface area contributed by atoms with Gasteiger partial charge in [0.1, 0.15) is 9.49 Å². The Kier molecular flexibility index (Phi) is 2.46. The number of hydrogen-bond donors (Lipinski definition) is 0. The van der Waals surface area contributed by atoms with Crippen LogP contribution in [0.2, 0.25) is 0 Å². The Hall–Kier alpha value is -0.590. The Morgan fingerprint density at radius 1 is 0.600 bits per heavy atom. The van der Waals surface area contributed by atoms with E-state index in [-0.39, 0.29) is 35.4 Å². The number of fused-ring (bicyclic) bond motifs is 16. The van der Waals surface area contributed by atoms with Crippen molar-refractivity contribution in [3.05, 3.63) is 24.3 Å². The van der Waals surface area contributed by atoms with Crippen LogP contribution < -0.4 is 0 Å². The second kappa shape index (κ2) is 3.97. The highest BCUT2D eigenvalue weighted by molar-refractivity contribution is 8.02. The van der Waals surface area contributed by atoms with Gasteiger partial charge in [-0.25, -0.2) is 0 Å². The lowest BCUT2D eigenvalue weighted by Crippen LogP contribution is -2.62. The van der Waals surface area contributed by atoms with Gasteiger partial charge in [-0.2, -0.15) is 26.3 Å². The Morgan fingerprint density at radius 2 is 0.880 bits per heavy atom. The first-order valence-corrected chi connectivity index (χ1v) is 9.65. The zero-order chi connectivity index (χ0) is 17.6. The fourth-order valence-electron chi connectivity index (χ4n) is 7.85. The minimum absolute atomic E-state index is 0.289. The van der Waals surface area contributed by atoms with Crippen LogP contribution in [-0.2, 0) is 0 Å². The molecule has 0 aromatic carbocycles. The van der Waals surface area contributed by atoms with Crippen molar-refractivity contribution >= 4 is 11.8 Å². The number of alkyl halides is 6. The number of rotatable bonds is 0. The fraction of sp³-hybridized carbons (Fsp3) is 0.778. The average Bonchev–Trinajstić information content (AvgIpc) is 3.28. The second-order valence-electron chi connectivity index (χ2n) is 8.68. The third-order valence-corrected chi connectivity index (χ3v) is 10.4. The van der Waals surface area contributed by atoms with E-state index in [9.17, 15) is 26.3 Å². The summed E-state index contributed by atoms with van der Waals surface area (Å²) in [7, 11) is 0. The molecular formula is C18H16F6S. The maximum absolute atomic E-state index is 14.5. The lowest BCUT2D eigenvalue weighted by atomic mass is 9.52. The predicted octanol–water partition coefficient (Wildman–Crippen LogP) is 5.23. The summed E-state index contributed by atoms with van der Waals surface area (Å²) >= 11 is 0.289. The topological polar surface area (TPSA) is 0 Å². The molecule has 6 bridgehead atoms. The summed E-state index contributed by atoms with van der Waals surface area (Å²) in [4.78, 5) is 0. The molecule has 6 rings (SSSR count). The lowest BCUT2D eigenvalue weighted by Gasteiger charge is -2.51. The van der Waals surface area contributed by atoms with Crippen molar-refractivity contribution in [2.75, 3.05) is 0 Å². The molecule has 0 radical (unpaired) electrons. The summed E-state index contributed by atoms with van der Waals surface area (Å²) in [5.74, 6) is -5.05. The smallest absolute Gasteiger partial charge is 0.169 e. The van der Waals surface area contributed by atoms with Crippen molar-refractivity contribution in [1.29, 1.82) is 0 Å². The van der Waals surface area contributed by atoms with Gasteiger partial charge in [0.2, 0.25) is 0 Å². The minimum Gasteiger partial charge on any atom is -0.169 e. The highest BCUT2D eigenvalue weighted by Crippen LogP contribution is 2.87. The largest absolute Gasteiger partial charge is 0.403 e. The van der Waals surface area contributed by atoms with Gasteiger partial charge in [-0.1, -0.05) is 24.3 Å². The molecule has 0 nitrogen and oxygen atoms in total. The summed E-state index contributed by atoms with van der Waals surface area (Å²) in [5, 5.41) is 0. The van der Waals surface area contributed by atoms with Crippen LogP contribution in [0.4, 0.5) is 26.3 Å². The Morgan fingerprint density at radius 3 is 1.12 bits per heavy atom. The standard InChI is InChI=1S/C18H16F6S/c19-17(20,21)15-11-7-1-2-8(5-7)12(11)16(25-15,18(22,23)24)14-10-4-3-9(6-10)13(14)15/h1-4,7-14H,5-6H2/t7-,8+,9+,10-,11+,12-,13-,14+,15?,16?. The molecule has 7 heteroatoms. The molecule has 25 heavy (non-hydrogen) atoms. The molecule has 4 fully saturated rings. The molecule has 2 unspecified atom stereocenters. The van der Waals surface area contributed by atoms with Crippen LogP contribution in [0.25, 0.3) is 0 Å². The lowest BCUT2D eigenvalue weighted by molar-refractivity contribution is -0.235. The summed E-state index contributed by atoms with van der Waals surface area (Å²) < 4.78 is 82.5. The van der Waals surface area contributed by atoms with Crippen LogP contribution in [0.5, 0.6) is 0 Å². The molecular weight excluding hydrogens is 362 g/mol. The van der Waals surface area contributed by atoms with Gasteiger partial charge in [-0.3, -0.25) is 0 Å². The van der Waals surface area contributed by atoms with E-state index in [1.54, 1.807) is 24.3 Å². The van der Waals surface area contributed by atoms with E-state index < -0.39 is 45.5 Å². The molecule has 2 aliphatic heterocycles. The van der Waals surface area contributed by atoms with E-state index in [4.69, 9.17) is 0 Å². The minimum atomic E-state index is -4.61. The van der Waals surface area contributed by atoms with Crippen molar-refractivity contribution < 1.29 is 26.3 Å². The van der Waals surface area contributed by atoms with E-state index in [1.165, 1.54) is 0 Å². The zero-order valence-electron chi connectivity index (χ0n) is 13.0. The van der Waals surface area contributed by atoms with Gasteiger partial charge < -0.3 is 0 Å². The summed E-state index contributed by atoms with van der Waals surface area (Å²) in [6.07, 6.45) is -1.22. The number of hydrogen-bond acceptors (Lipinski definition) is 1. The molecule has 0 spiro atoms. The van der Waals surface area contributed by atoms with Gasteiger partial charge >= 0.3 is 12.4 Å². The Labute approximate surface area is 145 Å².